The molecule has 0 aliphatic carbocycles. The van der Waals surface area contributed by atoms with Crippen molar-refractivity contribution < 1.29 is 13.6 Å². The van der Waals surface area contributed by atoms with Crippen molar-refractivity contribution in [2.75, 3.05) is 0 Å². The van der Waals surface area contributed by atoms with Crippen molar-refractivity contribution in [3.8, 4) is 11.3 Å². The van der Waals surface area contributed by atoms with E-state index in [1.807, 2.05) is 30.3 Å². The Morgan fingerprint density at radius 1 is 1.19 bits per heavy atom. The minimum absolute atomic E-state index is 0.0215. The van der Waals surface area contributed by atoms with Crippen LogP contribution in [0.4, 0.5) is 8.78 Å². The molecule has 2 aromatic carbocycles. The first kappa shape index (κ1) is 17.4. The standard InChI is InChI=1S/C21H19F2N3O/c22-16-9-8-15(18(23)11-16)12-25-21(27)17-7-4-10-26-19(13-24-20(17)26)14-5-2-1-3-6-14/h1-3,5-6,8-9,11,13,17H,4,7,10,12H2,(H,25,27). The van der Waals surface area contributed by atoms with Crippen LogP contribution in [0.3, 0.4) is 0 Å². The predicted octanol–water partition coefficient (Wildman–Crippen LogP) is 4.02. The molecule has 1 aromatic heterocycles. The number of hydrogen-bond donors (Lipinski definition) is 1. The number of halogens is 2. The van der Waals surface area contributed by atoms with Gasteiger partial charge in [0.2, 0.25) is 5.91 Å². The summed E-state index contributed by atoms with van der Waals surface area (Å²) in [7, 11) is 0. The van der Waals surface area contributed by atoms with Gasteiger partial charge in [-0.3, -0.25) is 4.79 Å². The molecule has 1 amide bonds. The van der Waals surface area contributed by atoms with Crippen LogP contribution in [-0.4, -0.2) is 15.5 Å². The number of imidazole rings is 1. The zero-order valence-electron chi connectivity index (χ0n) is 14.7. The van der Waals surface area contributed by atoms with Crippen molar-refractivity contribution in [3.05, 3.63) is 77.8 Å². The zero-order chi connectivity index (χ0) is 18.8. The fraction of sp³-hybridized carbons (Fsp3) is 0.238. The number of nitrogens with one attached hydrogen (secondary N) is 1. The van der Waals surface area contributed by atoms with E-state index in [0.29, 0.717) is 6.42 Å². The number of carbonyl (C=O) groups excluding carboxylic acids is 1. The molecule has 1 aliphatic heterocycles. The monoisotopic (exact) mass is 367 g/mol. The Morgan fingerprint density at radius 2 is 2.00 bits per heavy atom. The van der Waals surface area contributed by atoms with Crippen LogP contribution in [0.25, 0.3) is 11.3 Å². The lowest BCUT2D eigenvalue weighted by Gasteiger charge is -2.24. The summed E-state index contributed by atoms with van der Waals surface area (Å²) in [5, 5.41) is 2.76. The lowest BCUT2D eigenvalue weighted by molar-refractivity contribution is -0.123. The molecule has 4 nitrogen and oxygen atoms in total. The van der Waals surface area contributed by atoms with Gasteiger partial charge in [0.05, 0.1) is 17.8 Å². The highest BCUT2D eigenvalue weighted by Crippen LogP contribution is 2.31. The Kier molecular flexibility index (Phi) is 4.71. The molecule has 0 bridgehead atoms. The summed E-state index contributed by atoms with van der Waals surface area (Å²) < 4.78 is 28.9. The summed E-state index contributed by atoms with van der Waals surface area (Å²) in [6.07, 6.45) is 3.37. The highest BCUT2D eigenvalue weighted by Gasteiger charge is 2.30. The molecule has 0 saturated carbocycles. The summed E-state index contributed by atoms with van der Waals surface area (Å²) in [5.74, 6) is -1.13. The first-order valence-electron chi connectivity index (χ1n) is 8.96. The summed E-state index contributed by atoms with van der Waals surface area (Å²) >= 11 is 0. The van der Waals surface area contributed by atoms with Gasteiger partial charge in [-0.15, -0.1) is 0 Å². The van der Waals surface area contributed by atoms with Crippen LogP contribution < -0.4 is 5.32 Å². The van der Waals surface area contributed by atoms with Gasteiger partial charge in [0.15, 0.2) is 0 Å². The smallest absolute Gasteiger partial charge is 0.230 e. The largest absolute Gasteiger partial charge is 0.351 e. The van der Waals surface area contributed by atoms with E-state index in [1.165, 1.54) is 12.1 Å². The highest BCUT2D eigenvalue weighted by atomic mass is 19.1. The zero-order valence-corrected chi connectivity index (χ0v) is 14.7. The van der Waals surface area contributed by atoms with Crippen molar-refractivity contribution in [2.45, 2.75) is 31.8 Å². The second-order valence-corrected chi connectivity index (χ2v) is 6.67. The number of nitrogens with zero attached hydrogens (tertiary/aromatic N) is 2. The SMILES string of the molecule is O=C(NCc1ccc(F)cc1F)C1CCCn2c(-c3ccccc3)cnc21. The molecule has 1 unspecified atom stereocenters. The lowest BCUT2D eigenvalue weighted by Crippen LogP contribution is -2.33. The summed E-state index contributed by atoms with van der Waals surface area (Å²) in [5.41, 5.74) is 2.31. The molecule has 4 rings (SSSR count). The molecule has 0 fully saturated rings. The van der Waals surface area contributed by atoms with Gasteiger partial charge in [0, 0.05) is 24.7 Å². The average Bonchev–Trinajstić information content (AvgIpc) is 3.12. The maximum absolute atomic E-state index is 13.8. The second-order valence-electron chi connectivity index (χ2n) is 6.67. The first-order valence-corrected chi connectivity index (χ1v) is 8.96. The van der Waals surface area contributed by atoms with Gasteiger partial charge in [-0.2, -0.15) is 0 Å². The van der Waals surface area contributed by atoms with Crippen molar-refractivity contribution >= 4 is 5.91 Å². The predicted molar refractivity (Wildman–Crippen MR) is 97.8 cm³/mol. The molecule has 1 atom stereocenters. The van der Waals surface area contributed by atoms with Gasteiger partial charge >= 0.3 is 0 Å². The third-order valence-corrected chi connectivity index (χ3v) is 4.93. The van der Waals surface area contributed by atoms with Crippen LogP contribution in [0.5, 0.6) is 0 Å². The van der Waals surface area contributed by atoms with E-state index in [4.69, 9.17) is 0 Å². The second kappa shape index (κ2) is 7.31. The number of rotatable bonds is 4. The number of fused-ring (bicyclic) bond motifs is 1. The van der Waals surface area contributed by atoms with Crippen molar-refractivity contribution in [2.24, 2.45) is 0 Å². The van der Waals surface area contributed by atoms with Crippen LogP contribution in [0.15, 0.2) is 54.7 Å². The fourth-order valence-electron chi connectivity index (χ4n) is 3.54. The van der Waals surface area contributed by atoms with Gasteiger partial charge in [-0.05, 0) is 24.5 Å². The molecular weight excluding hydrogens is 348 g/mol. The van der Waals surface area contributed by atoms with E-state index in [-0.39, 0.29) is 23.9 Å². The van der Waals surface area contributed by atoms with Gasteiger partial charge in [-0.25, -0.2) is 13.8 Å². The van der Waals surface area contributed by atoms with Crippen molar-refractivity contribution in [1.29, 1.82) is 0 Å². The van der Waals surface area contributed by atoms with Crippen molar-refractivity contribution in [1.82, 2.24) is 14.9 Å². The van der Waals surface area contributed by atoms with Crippen molar-refractivity contribution in [3.63, 3.8) is 0 Å². The van der Waals surface area contributed by atoms with E-state index < -0.39 is 11.6 Å². The summed E-state index contributed by atoms with van der Waals surface area (Å²) in [4.78, 5) is 17.2. The number of benzene rings is 2. The normalized spacial score (nSPS) is 16.0. The van der Waals surface area contributed by atoms with E-state index in [2.05, 4.69) is 14.9 Å². The van der Waals surface area contributed by atoms with Crippen LogP contribution in [0, 0.1) is 11.6 Å². The number of hydrogen-bond acceptors (Lipinski definition) is 2. The molecule has 138 valence electrons. The number of aromatic nitrogens is 2. The Morgan fingerprint density at radius 3 is 2.78 bits per heavy atom. The number of amides is 1. The minimum atomic E-state index is -0.660. The van der Waals surface area contributed by atoms with Crippen LogP contribution in [-0.2, 0) is 17.9 Å². The molecule has 3 aromatic rings. The van der Waals surface area contributed by atoms with Gasteiger partial charge in [0.25, 0.3) is 0 Å². The molecule has 0 spiro atoms. The Balaban J connectivity index is 1.52. The molecule has 0 radical (unpaired) electrons. The van der Waals surface area contributed by atoms with E-state index in [9.17, 15) is 13.6 Å². The van der Waals surface area contributed by atoms with E-state index in [1.54, 1.807) is 6.20 Å². The van der Waals surface area contributed by atoms with Gasteiger partial charge in [0.1, 0.15) is 17.5 Å². The van der Waals surface area contributed by atoms with E-state index >= 15 is 0 Å². The Bertz CT molecular complexity index is 969. The summed E-state index contributed by atoms with van der Waals surface area (Å²) in [6.45, 7) is 0.837. The van der Waals surface area contributed by atoms with Gasteiger partial charge in [-0.1, -0.05) is 36.4 Å². The lowest BCUT2D eigenvalue weighted by atomic mass is 9.97. The topological polar surface area (TPSA) is 46.9 Å². The Labute approximate surface area is 155 Å². The maximum Gasteiger partial charge on any atom is 0.230 e. The van der Waals surface area contributed by atoms with Crippen LogP contribution >= 0.6 is 0 Å². The van der Waals surface area contributed by atoms with Crippen LogP contribution in [0.2, 0.25) is 0 Å². The molecule has 1 aliphatic rings. The van der Waals surface area contributed by atoms with Gasteiger partial charge < -0.3 is 9.88 Å². The maximum atomic E-state index is 13.8. The molecule has 27 heavy (non-hydrogen) atoms. The minimum Gasteiger partial charge on any atom is -0.351 e. The number of carbonyl (C=O) groups is 1. The first-order chi connectivity index (χ1) is 13.1. The van der Waals surface area contributed by atoms with E-state index in [0.717, 1.165) is 36.1 Å². The molecular formula is C21H19F2N3O. The average molecular weight is 367 g/mol. The summed E-state index contributed by atoms with van der Waals surface area (Å²) in [6, 6.07) is 13.3. The Hall–Kier alpha value is -3.02. The molecule has 6 heteroatoms. The third-order valence-electron chi connectivity index (χ3n) is 4.93. The highest BCUT2D eigenvalue weighted by molar-refractivity contribution is 5.83. The third kappa shape index (κ3) is 3.47. The quantitative estimate of drug-likeness (QED) is 0.757. The van der Waals surface area contributed by atoms with Crippen LogP contribution in [0.1, 0.15) is 30.1 Å². The fourth-order valence-corrected chi connectivity index (χ4v) is 3.54. The molecule has 1 N–H and O–H groups in total. The molecule has 2 heterocycles. The molecule has 0 saturated heterocycles.